The molecule has 0 bridgehead atoms. The van der Waals surface area contributed by atoms with Gasteiger partial charge in [0.1, 0.15) is 8.42 Å². The zero-order valence-corrected chi connectivity index (χ0v) is 9.41. The number of hydrogen-bond donors (Lipinski definition) is 0. The molecule has 78 valence electrons. The second-order valence-electron chi connectivity index (χ2n) is 4.08. The fourth-order valence-corrected chi connectivity index (χ4v) is 2.15. The van der Waals surface area contributed by atoms with Gasteiger partial charge in [0, 0.05) is 13.0 Å². The van der Waals surface area contributed by atoms with E-state index in [-0.39, 0.29) is 0 Å². The second-order valence-corrected chi connectivity index (χ2v) is 4.08. The lowest BCUT2D eigenvalue weighted by Crippen LogP contribution is -2.31. The zero-order chi connectivity index (χ0) is 12.9. The molecule has 2 aromatic carbocycles. The molecule has 0 aliphatic carbocycles. The van der Waals surface area contributed by atoms with Gasteiger partial charge in [-0.15, -0.1) is 0 Å². The fraction of sp³-hybridized carbons (Fsp3) is 0.133. The van der Waals surface area contributed by atoms with Gasteiger partial charge in [-0.2, -0.15) is 0 Å². The molecule has 3 aromatic rings. The summed E-state index contributed by atoms with van der Waals surface area (Å²) in [5, 5.41) is 4.17. The van der Waals surface area contributed by atoms with E-state index < -0.39 is 0 Å². The molecule has 0 saturated carbocycles. The van der Waals surface area contributed by atoms with Gasteiger partial charge < -0.3 is 0 Å². The molecule has 1 aromatic heterocycles. The molecule has 0 amide bonds. The van der Waals surface area contributed by atoms with Crippen LogP contribution in [0.15, 0.2) is 48.6 Å². The maximum absolute atomic E-state index is 8.11. The standard InChI is InChI=1S/C15H14N/c1-11-15-13(9-10-16(11)2)8-7-12-5-3-4-6-14(12)15/h3-10H,1-2H3/q+1/i6T,10T. The molecule has 0 saturated heterocycles. The molecule has 16 heavy (non-hydrogen) atoms. The van der Waals surface area contributed by atoms with Crippen molar-refractivity contribution in [2.45, 2.75) is 6.92 Å². The summed E-state index contributed by atoms with van der Waals surface area (Å²) in [5.41, 5.74) is 1.03. The van der Waals surface area contributed by atoms with Gasteiger partial charge in [0.25, 0.3) is 0 Å². The van der Waals surface area contributed by atoms with E-state index in [0.717, 1.165) is 27.2 Å². The van der Waals surface area contributed by atoms with Crippen LogP contribution in [-0.2, 0) is 7.05 Å². The number of rotatable bonds is 0. The molecule has 1 nitrogen and oxygen atoms in total. The highest BCUT2D eigenvalue weighted by Crippen LogP contribution is 2.25. The summed E-state index contributed by atoms with van der Waals surface area (Å²) >= 11 is 0. The molecule has 1 heterocycles. The molecular formula is C15H14N+. The zero-order valence-electron chi connectivity index (χ0n) is 11.4. The van der Waals surface area contributed by atoms with Crippen LogP contribution in [0, 0.1) is 6.92 Å². The third-order valence-corrected chi connectivity index (χ3v) is 3.15. The Morgan fingerprint density at radius 1 is 1.06 bits per heavy atom. The molecule has 1 heteroatoms. The Hall–Kier alpha value is -1.89. The molecule has 3 rings (SSSR count). The Morgan fingerprint density at radius 3 is 2.75 bits per heavy atom. The lowest BCUT2D eigenvalue weighted by molar-refractivity contribution is -0.676. The number of fused-ring (bicyclic) bond motifs is 3. The van der Waals surface area contributed by atoms with Crippen LogP contribution >= 0.6 is 0 Å². The monoisotopic (exact) mass is 212 g/mol. The molecular weight excluding hydrogens is 194 g/mol. The first-order valence-electron chi connectivity index (χ1n) is 6.38. The van der Waals surface area contributed by atoms with Crippen molar-refractivity contribution < 1.29 is 7.31 Å². The molecule has 0 radical (unpaired) electrons. The Kier molecular flexibility index (Phi) is 1.53. The largest absolute Gasteiger partial charge is 0.205 e. The summed E-state index contributed by atoms with van der Waals surface area (Å²) in [6, 6.07) is 12.2. The highest BCUT2D eigenvalue weighted by atomic mass is 14.9. The smallest absolute Gasteiger partial charge is 0.186 e. The minimum absolute atomic E-state index is 0.488. The normalized spacial score (nSPS) is 12.9. The van der Waals surface area contributed by atoms with Crippen molar-refractivity contribution in [1.82, 2.24) is 0 Å². The number of aryl methyl sites for hydroxylation is 1. The average molecular weight is 212 g/mol. The van der Waals surface area contributed by atoms with E-state index in [1.165, 1.54) is 0 Å². The van der Waals surface area contributed by atoms with Crippen LogP contribution in [0.1, 0.15) is 8.44 Å². The third-order valence-electron chi connectivity index (χ3n) is 3.15. The summed E-state index contributed by atoms with van der Waals surface area (Å²) in [5.74, 6) is 0. The highest BCUT2D eigenvalue weighted by Gasteiger charge is 2.09. The van der Waals surface area contributed by atoms with E-state index in [2.05, 4.69) is 0 Å². The first-order valence-corrected chi connectivity index (χ1v) is 5.38. The SMILES string of the molecule is [3H]c1cccc2ccc3cc([3H])[n+](C)c(C)c3c12. The maximum atomic E-state index is 8.11. The Bertz CT molecular complexity index is 778. The fourth-order valence-electron chi connectivity index (χ4n) is 2.15. The van der Waals surface area contributed by atoms with Crippen LogP contribution < -0.4 is 4.57 Å². The van der Waals surface area contributed by atoms with Gasteiger partial charge in [-0.3, -0.25) is 0 Å². The lowest BCUT2D eigenvalue weighted by atomic mass is 10.0. The summed E-state index contributed by atoms with van der Waals surface area (Å²) in [4.78, 5) is 0. The number of nitrogens with zero attached hydrogens (tertiary/aromatic N) is 1. The lowest BCUT2D eigenvalue weighted by Gasteiger charge is -2.04. The molecule has 0 aliphatic heterocycles. The van der Waals surface area contributed by atoms with E-state index in [4.69, 9.17) is 2.74 Å². The maximum Gasteiger partial charge on any atom is 0.186 e. The predicted molar refractivity (Wildman–Crippen MR) is 67.4 cm³/mol. The van der Waals surface area contributed by atoms with Crippen LogP contribution in [0.2, 0.25) is 0 Å². The van der Waals surface area contributed by atoms with Crippen molar-refractivity contribution in [2.75, 3.05) is 0 Å². The summed E-state index contributed by atoms with van der Waals surface area (Å²) in [6.07, 6.45) is 0.488. The highest BCUT2D eigenvalue weighted by molar-refractivity contribution is 6.07. The molecule has 0 aliphatic rings. The van der Waals surface area contributed by atoms with E-state index in [1.54, 1.807) is 0 Å². The topological polar surface area (TPSA) is 3.88 Å². The Morgan fingerprint density at radius 2 is 1.88 bits per heavy atom. The quantitative estimate of drug-likeness (QED) is 0.398. The van der Waals surface area contributed by atoms with Crippen LogP contribution in [0.4, 0.5) is 0 Å². The summed E-state index contributed by atoms with van der Waals surface area (Å²) < 4.78 is 17.9. The van der Waals surface area contributed by atoms with Crippen molar-refractivity contribution in [3.8, 4) is 0 Å². The van der Waals surface area contributed by atoms with Crippen LogP contribution in [0.5, 0.6) is 0 Å². The first-order chi connectivity index (χ1) is 8.59. The van der Waals surface area contributed by atoms with Crippen LogP contribution in [0.25, 0.3) is 21.5 Å². The summed E-state index contributed by atoms with van der Waals surface area (Å²) in [7, 11) is 1.89. The van der Waals surface area contributed by atoms with Crippen molar-refractivity contribution in [3.63, 3.8) is 0 Å². The summed E-state index contributed by atoms with van der Waals surface area (Å²) in [6.45, 7) is 2.01. The third kappa shape index (κ3) is 1.21. The Balaban J connectivity index is 2.66. The molecule has 0 atom stereocenters. The van der Waals surface area contributed by atoms with Crippen LogP contribution in [0.3, 0.4) is 0 Å². The first kappa shape index (κ1) is 7.39. The van der Waals surface area contributed by atoms with E-state index >= 15 is 0 Å². The van der Waals surface area contributed by atoms with Gasteiger partial charge in [0.15, 0.2) is 11.9 Å². The van der Waals surface area contributed by atoms with Gasteiger partial charge in [-0.1, -0.05) is 36.4 Å². The van der Waals surface area contributed by atoms with E-state index in [0.29, 0.717) is 12.2 Å². The minimum Gasteiger partial charge on any atom is -0.205 e. The molecule has 0 fully saturated rings. The van der Waals surface area contributed by atoms with Crippen molar-refractivity contribution in [2.24, 2.45) is 7.05 Å². The average Bonchev–Trinajstić information content (AvgIpc) is 2.36. The molecule has 0 spiro atoms. The van der Waals surface area contributed by atoms with Gasteiger partial charge in [0.2, 0.25) is 0 Å². The van der Waals surface area contributed by atoms with Gasteiger partial charge in [-0.05, 0) is 16.2 Å². The van der Waals surface area contributed by atoms with Crippen molar-refractivity contribution in [3.05, 3.63) is 54.3 Å². The van der Waals surface area contributed by atoms with E-state index in [1.807, 2.05) is 54.9 Å². The van der Waals surface area contributed by atoms with E-state index in [9.17, 15) is 0 Å². The number of pyridine rings is 1. The van der Waals surface area contributed by atoms with Crippen molar-refractivity contribution >= 4 is 21.5 Å². The Labute approximate surface area is 97.8 Å². The van der Waals surface area contributed by atoms with Gasteiger partial charge in [-0.25, -0.2) is 4.57 Å². The van der Waals surface area contributed by atoms with Gasteiger partial charge >= 0.3 is 0 Å². The number of aromatic nitrogens is 1. The second kappa shape index (κ2) is 3.31. The molecule has 0 N–H and O–H groups in total. The van der Waals surface area contributed by atoms with Crippen molar-refractivity contribution in [1.29, 1.82) is 0 Å². The van der Waals surface area contributed by atoms with Gasteiger partial charge in [0.05, 0.1) is 6.76 Å². The number of hydrogen-bond acceptors (Lipinski definition) is 0. The number of benzene rings is 2. The van der Waals surface area contributed by atoms with Crippen LogP contribution in [-0.4, -0.2) is 0 Å². The minimum atomic E-state index is 0.488. The molecule has 0 unspecified atom stereocenters. The predicted octanol–water partition coefficient (Wildman–Crippen LogP) is 3.13.